The summed E-state index contributed by atoms with van der Waals surface area (Å²) in [4.78, 5) is 28.8. The van der Waals surface area contributed by atoms with E-state index in [0.717, 1.165) is 30.0 Å². The Kier molecular flexibility index (Phi) is 4.28. The Morgan fingerprint density at radius 3 is 2.74 bits per heavy atom. The first kappa shape index (κ1) is 15.1. The molecule has 3 rings (SSSR count). The summed E-state index contributed by atoms with van der Waals surface area (Å²) in [5.41, 5.74) is 2.65. The number of nitrogens with zero attached hydrogens (tertiary/aromatic N) is 1. The summed E-state index contributed by atoms with van der Waals surface area (Å²) >= 11 is 0. The molecule has 1 aromatic heterocycles. The molecule has 5 heteroatoms. The second-order valence-corrected chi connectivity index (χ2v) is 5.61. The van der Waals surface area contributed by atoms with E-state index in [9.17, 15) is 9.59 Å². The molecule has 0 saturated heterocycles. The molecular formula is C18H19N3O2. The van der Waals surface area contributed by atoms with Gasteiger partial charge in [0.2, 0.25) is 0 Å². The second kappa shape index (κ2) is 6.52. The summed E-state index contributed by atoms with van der Waals surface area (Å²) in [6.45, 7) is 3.99. The molecule has 23 heavy (non-hydrogen) atoms. The third-order valence-electron chi connectivity index (χ3n) is 3.85. The molecule has 0 atom stereocenters. The molecule has 0 spiro atoms. The standard InChI is InChI=1S/C18H19N3O2/c1-13-7-8-16(18(23)20-13)17(22)19-12-14-5-4-6-15(11-14)21-9-2-3-10-21/h2-8,11H,9-10,12H2,1H3,(H,19,22)(H,20,23). The Morgan fingerprint density at radius 2 is 2.00 bits per heavy atom. The van der Waals surface area contributed by atoms with Crippen LogP contribution in [0.4, 0.5) is 5.69 Å². The molecule has 2 heterocycles. The van der Waals surface area contributed by atoms with Gasteiger partial charge in [0.15, 0.2) is 0 Å². The van der Waals surface area contributed by atoms with Crippen LogP contribution in [0.3, 0.4) is 0 Å². The van der Waals surface area contributed by atoms with E-state index in [1.165, 1.54) is 0 Å². The van der Waals surface area contributed by atoms with Gasteiger partial charge in [0.25, 0.3) is 11.5 Å². The van der Waals surface area contributed by atoms with Gasteiger partial charge in [0.1, 0.15) is 5.56 Å². The van der Waals surface area contributed by atoms with Crippen LogP contribution in [-0.4, -0.2) is 24.0 Å². The fourth-order valence-electron chi connectivity index (χ4n) is 2.58. The van der Waals surface area contributed by atoms with Crippen molar-refractivity contribution in [3.63, 3.8) is 0 Å². The Bertz CT molecular complexity index is 800. The van der Waals surface area contributed by atoms with Crippen LogP contribution in [0.5, 0.6) is 0 Å². The van der Waals surface area contributed by atoms with E-state index in [1.807, 2.05) is 12.1 Å². The smallest absolute Gasteiger partial charge is 0.260 e. The van der Waals surface area contributed by atoms with Crippen LogP contribution in [0.1, 0.15) is 21.6 Å². The molecule has 2 N–H and O–H groups in total. The van der Waals surface area contributed by atoms with Crippen LogP contribution in [-0.2, 0) is 6.54 Å². The quantitative estimate of drug-likeness (QED) is 0.849. The van der Waals surface area contributed by atoms with E-state index in [2.05, 4.69) is 39.5 Å². The van der Waals surface area contributed by atoms with Crippen LogP contribution < -0.4 is 15.8 Å². The number of pyridine rings is 1. The first-order chi connectivity index (χ1) is 11.1. The maximum absolute atomic E-state index is 12.1. The normalized spacial score (nSPS) is 13.3. The van der Waals surface area contributed by atoms with Crippen LogP contribution in [0, 0.1) is 6.92 Å². The zero-order valence-corrected chi connectivity index (χ0v) is 13.0. The van der Waals surface area contributed by atoms with Gasteiger partial charge in [-0.05, 0) is 36.8 Å². The fraction of sp³-hybridized carbons (Fsp3) is 0.222. The molecule has 0 aliphatic carbocycles. The first-order valence-corrected chi connectivity index (χ1v) is 7.60. The summed E-state index contributed by atoms with van der Waals surface area (Å²) < 4.78 is 0. The number of hydrogen-bond donors (Lipinski definition) is 2. The van der Waals surface area contributed by atoms with Gasteiger partial charge in [-0.3, -0.25) is 9.59 Å². The first-order valence-electron chi connectivity index (χ1n) is 7.60. The lowest BCUT2D eigenvalue weighted by Crippen LogP contribution is -2.29. The van der Waals surface area contributed by atoms with Crippen molar-refractivity contribution in [2.75, 3.05) is 18.0 Å². The van der Waals surface area contributed by atoms with Crippen molar-refractivity contribution in [1.82, 2.24) is 10.3 Å². The molecule has 118 valence electrons. The molecule has 0 saturated carbocycles. The van der Waals surface area contributed by atoms with Crippen LogP contribution in [0.25, 0.3) is 0 Å². The molecule has 5 nitrogen and oxygen atoms in total. The van der Waals surface area contributed by atoms with Crippen LogP contribution in [0.15, 0.2) is 53.3 Å². The maximum Gasteiger partial charge on any atom is 0.260 e. The number of carbonyl (C=O) groups is 1. The number of aromatic amines is 1. The van der Waals surface area contributed by atoms with E-state index in [-0.39, 0.29) is 17.0 Å². The lowest BCUT2D eigenvalue weighted by molar-refractivity contribution is 0.0949. The van der Waals surface area contributed by atoms with Gasteiger partial charge >= 0.3 is 0 Å². The van der Waals surface area contributed by atoms with Crippen molar-refractivity contribution < 1.29 is 4.79 Å². The number of benzene rings is 1. The number of aromatic nitrogens is 1. The number of carbonyl (C=O) groups excluding carboxylic acids is 1. The molecule has 0 radical (unpaired) electrons. The van der Waals surface area contributed by atoms with Crippen molar-refractivity contribution >= 4 is 11.6 Å². The van der Waals surface area contributed by atoms with Gasteiger partial charge < -0.3 is 15.2 Å². The SMILES string of the molecule is Cc1ccc(C(=O)NCc2cccc(N3CC=CC3)c2)c(=O)[nH]1. The summed E-state index contributed by atoms with van der Waals surface area (Å²) in [5, 5.41) is 2.80. The Balaban J connectivity index is 1.67. The van der Waals surface area contributed by atoms with Crippen molar-refractivity contribution in [3.05, 3.63) is 75.7 Å². The third-order valence-corrected chi connectivity index (χ3v) is 3.85. The predicted octanol–water partition coefficient (Wildman–Crippen LogP) is 1.99. The molecule has 1 aromatic carbocycles. The van der Waals surface area contributed by atoms with Crippen molar-refractivity contribution in [2.24, 2.45) is 0 Å². The number of rotatable bonds is 4. The zero-order chi connectivity index (χ0) is 16.2. The minimum Gasteiger partial charge on any atom is -0.364 e. The van der Waals surface area contributed by atoms with E-state index >= 15 is 0 Å². The van der Waals surface area contributed by atoms with E-state index in [0.29, 0.717) is 6.54 Å². The lowest BCUT2D eigenvalue weighted by atomic mass is 10.1. The van der Waals surface area contributed by atoms with Gasteiger partial charge in [0, 0.05) is 31.0 Å². The molecule has 1 amide bonds. The number of hydrogen-bond acceptors (Lipinski definition) is 3. The minimum absolute atomic E-state index is 0.135. The number of anilines is 1. The summed E-state index contributed by atoms with van der Waals surface area (Å²) in [5.74, 6) is -0.362. The fourth-order valence-corrected chi connectivity index (χ4v) is 2.58. The van der Waals surface area contributed by atoms with Crippen molar-refractivity contribution in [2.45, 2.75) is 13.5 Å². The maximum atomic E-state index is 12.1. The average molecular weight is 309 g/mol. The van der Waals surface area contributed by atoms with Crippen LogP contribution >= 0.6 is 0 Å². The summed E-state index contributed by atoms with van der Waals surface area (Å²) in [7, 11) is 0. The average Bonchev–Trinajstić information content (AvgIpc) is 3.07. The van der Waals surface area contributed by atoms with Gasteiger partial charge in [-0.1, -0.05) is 24.3 Å². The van der Waals surface area contributed by atoms with Crippen molar-refractivity contribution in [3.8, 4) is 0 Å². The van der Waals surface area contributed by atoms with Gasteiger partial charge in [-0.25, -0.2) is 0 Å². The van der Waals surface area contributed by atoms with Gasteiger partial charge in [0.05, 0.1) is 0 Å². The van der Waals surface area contributed by atoms with Gasteiger partial charge in [-0.2, -0.15) is 0 Å². The predicted molar refractivity (Wildman–Crippen MR) is 90.8 cm³/mol. The summed E-state index contributed by atoms with van der Waals surface area (Å²) in [6.07, 6.45) is 4.27. The lowest BCUT2D eigenvalue weighted by Gasteiger charge is -2.18. The van der Waals surface area contributed by atoms with Crippen LogP contribution in [0.2, 0.25) is 0 Å². The highest BCUT2D eigenvalue weighted by molar-refractivity contribution is 5.93. The van der Waals surface area contributed by atoms with Gasteiger partial charge in [-0.15, -0.1) is 0 Å². The number of nitrogens with one attached hydrogen (secondary N) is 2. The molecule has 0 fully saturated rings. The van der Waals surface area contributed by atoms with Crippen molar-refractivity contribution in [1.29, 1.82) is 0 Å². The number of aryl methyl sites for hydroxylation is 1. The highest BCUT2D eigenvalue weighted by Crippen LogP contribution is 2.18. The largest absolute Gasteiger partial charge is 0.364 e. The topological polar surface area (TPSA) is 65.2 Å². The van der Waals surface area contributed by atoms with E-state index < -0.39 is 0 Å². The molecule has 1 aliphatic rings. The zero-order valence-electron chi connectivity index (χ0n) is 13.0. The molecule has 2 aromatic rings. The second-order valence-electron chi connectivity index (χ2n) is 5.61. The Morgan fingerprint density at radius 1 is 1.22 bits per heavy atom. The Labute approximate surface area is 134 Å². The highest BCUT2D eigenvalue weighted by atomic mass is 16.2. The third kappa shape index (κ3) is 3.51. The van der Waals surface area contributed by atoms with E-state index in [4.69, 9.17) is 0 Å². The molecule has 1 aliphatic heterocycles. The number of H-pyrrole nitrogens is 1. The van der Waals surface area contributed by atoms with E-state index in [1.54, 1.807) is 19.1 Å². The highest BCUT2D eigenvalue weighted by Gasteiger charge is 2.11. The monoisotopic (exact) mass is 309 g/mol. The number of amides is 1. The summed E-state index contributed by atoms with van der Waals surface area (Å²) in [6, 6.07) is 11.3. The Hall–Kier alpha value is -2.82. The molecule has 0 unspecified atom stereocenters. The minimum atomic E-state index is -0.362. The molecule has 0 bridgehead atoms. The molecular weight excluding hydrogens is 290 g/mol.